The average molecular weight is 485 g/mol. The zero-order chi connectivity index (χ0) is 25.9. The van der Waals surface area contributed by atoms with E-state index in [9.17, 15) is 9.90 Å². The van der Waals surface area contributed by atoms with Crippen LogP contribution in [-0.2, 0) is 28.8 Å². The molecule has 0 aromatic heterocycles. The van der Waals surface area contributed by atoms with Crippen LogP contribution in [0.3, 0.4) is 0 Å². The highest BCUT2D eigenvalue weighted by molar-refractivity contribution is 5.87. The number of esters is 1. The summed E-state index contributed by atoms with van der Waals surface area (Å²) < 4.78 is 5.44. The van der Waals surface area contributed by atoms with Gasteiger partial charge in [-0.05, 0) is 77.1 Å². The third kappa shape index (κ3) is 7.41. The van der Waals surface area contributed by atoms with Crippen molar-refractivity contribution in [1.82, 2.24) is 0 Å². The first kappa shape index (κ1) is 27.4. The summed E-state index contributed by atoms with van der Waals surface area (Å²) in [7, 11) is 0. The van der Waals surface area contributed by atoms with Crippen molar-refractivity contribution >= 4 is 5.97 Å². The highest BCUT2D eigenvalue weighted by Crippen LogP contribution is 2.31. The number of hydrogen-bond acceptors (Lipinski definition) is 3. The van der Waals surface area contributed by atoms with Gasteiger partial charge in [-0.1, -0.05) is 93.9 Å². The smallest absolute Gasteiger partial charge is 0.333 e. The van der Waals surface area contributed by atoms with Crippen molar-refractivity contribution in [2.45, 2.75) is 65.7 Å². The molecule has 190 valence electrons. The monoisotopic (exact) mass is 484 g/mol. The van der Waals surface area contributed by atoms with Crippen LogP contribution in [0, 0.1) is 6.92 Å². The Morgan fingerprint density at radius 3 is 2.19 bits per heavy atom. The molecule has 3 rings (SSSR count). The summed E-state index contributed by atoms with van der Waals surface area (Å²) in [5.74, 6) is -0.331. The van der Waals surface area contributed by atoms with E-state index in [0.29, 0.717) is 31.4 Å². The lowest BCUT2D eigenvalue weighted by molar-refractivity contribution is -0.139. The van der Waals surface area contributed by atoms with Crippen molar-refractivity contribution < 1.29 is 14.6 Å². The van der Waals surface area contributed by atoms with E-state index in [2.05, 4.69) is 81.1 Å². The molecule has 0 amide bonds. The van der Waals surface area contributed by atoms with Crippen molar-refractivity contribution in [2.75, 3.05) is 13.2 Å². The van der Waals surface area contributed by atoms with Crippen LogP contribution in [0.15, 0.2) is 72.8 Å². The van der Waals surface area contributed by atoms with Crippen molar-refractivity contribution in [3.8, 4) is 22.3 Å². The van der Waals surface area contributed by atoms with E-state index in [1.807, 2.05) is 6.92 Å². The van der Waals surface area contributed by atoms with Crippen LogP contribution in [-0.4, -0.2) is 24.3 Å². The topological polar surface area (TPSA) is 46.5 Å². The van der Waals surface area contributed by atoms with E-state index < -0.39 is 0 Å². The molecule has 0 aliphatic carbocycles. The van der Waals surface area contributed by atoms with Crippen LogP contribution < -0.4 is 0 Å². The third-order valence-electron chi connectivity index (χ3n) is 6.76. The van der Waals surface area contributed by atoms with Gasteiger partial charge in [0.25, 0.3) is 0 Å². The van der Waals surface area contributed by atoms with Crippen LogP contribution in [0.5, 0.6) is 0 Å². The molecule has 3 aromatic rings. The van der Waals surface area contributed by atoms with Crippen molar-refractivity contribution in [3.05, 3.63) is 95.1 Å². The second kappa shape index (κ2) is 13.8. The van der Waals surface area contributed by atoms with E-state index in [1.165, 1.54) is 41.5 Å². The quantitative estimate of drug-likeness (QED) is 0.154. The second-order valence-electron chi connectivity index (χ2n) is 9.49. The molecule has 0 unspecified atom stereocenters. The minimum atomic E-state index is -0.331. The molecular formula is C33H40O3. The maximum atomic E-state index is 12.0. The van der Waals surface area contributed by atoms with Gasteiger partial charge in [-0.15, -0.1) is 0 Å². The Hall–Kier alpha value is -3.17. The van der Waals surface area contributed by atoms with E-state index in [0.717, 1.165) is 28.7 Å². The molecular weight excluding hydrogens is 444 g/mol. The zero-order valence-electron chi connectivity index (χ0n) is 22.1. The van der Waals surface area contributed by atoms with Crippen LogP contribution in [0.1, 0.15) is 61.8 Å². The molecule has 0 spiro atoms. The van der Waals surface area contributed by atoms with Gasteiger partial charge in [0.15, 0.2) is 0 Å². The molecule has 0 radical (unpaired) electrons. The van der Waals surface area contributed by atoms with Crippen LogP contribution in [0.2, 0.25) is 0 Å². The number of carbonyl (C=O) groups is 1. The molecule has 36 heavy (non-hydrogen) atoms. The molecule has 0 bridgehead atoms. The molecule has 0 saturated carbocycles. The molecule has 0 saturated heterocycles. The normalized spacial score (nSPS) is 10.9. The van der Waals surface area contributed by atoms with E-state index in [-0.39, 0.29) is 12.6 Å². The predicted octanol–water partition coefficient (Wildman–Crippen LogP) is 7.65. The van der Waals surface area contributed by atoms with Gasteiger partial charge in [0.1, 0.15) is 0 Å². The van der Waals surface area contributed by atoms with Crippen LogP contribution in [0.25, 0.3) is 22.3 Å². The van der Waals surface area contributed by atoms with Gasteiger partial charge in [-0.2, -0.15) is 0 Å². The molecule has 0 heterocycles. The number of aliphatic hydroxyl groups is 1. The summed E-state index contributed by atoms with van der Waals surface area (Å²) in [6.07, 6.45) is 6.71. The maximum Gasteiger partial charge on any atom is 0.333 e. The van der Waals surface area contributed by atoms with Gasteiger partial charge >= 0.3 is 5.97 Å². The fourth-order valence-corrected chi connectivity index (χ4v) is 4.51. The van der Waals surface area contributed by atoms with Gasteiger partial charge in [0.05, 0.1) is 6.61 Å². The maximum absolute atomic E-state index is 12.0. The highest BCUT2D eigenvalue weighted by Gasteiger charge is 2.12. The number of rotatable bonds is 13. The summed E-state index contributed by atoms with van der Waals surface area (Å²) in [5, 5.41) is 9.40. The zero-order valence-corrected chi connectivity index (χ0v) is 22.1. The lowest BCUT2D eigenvalue weighted by Gasteiger charge is -2.15. The summed E-state index contributed by atoms with van der Waals surface area (Å²) in [6, 6.07) is 21.9. The molecule has 3 nitrogen and oxygen atoms in total. The molecule has 3 heteroatoms. The number of benzene rings is 3. The summed E-state index contributed by atoms with van der Waals surface area (Å²) in [4.78, 5) is 12.0. The number of carbonyl (C=O) groups excluding carboxylic acids is 1. The Balaban J connectivity index is 1.81. The second-order valence-corrected chi connectivity index (χ2v) is 9.49. The molecule has 1 N–H and O–H groups in total. The van der Waals surface area contributed by atoms with E-state index >= 15 is 0 Å². The minimum absolute atomic E-state index is 0.106. The van der Waals surface area contributed by atoms with Crippen molar-refractivity contribution in [3.63, 3.8) is 0 Å². The fraction of sp³-hybridized carbons (Fsp3) is 0.364. The summed E-state index contributed by atoms with van der Waals surface area (Å²) >= 11 is 0. The van der Waals surface area contributed by atoms with Gasteiger partial charge in [0, 0.05) is 18.6 Å². The van der Waals surface area contributed by atoms with E-state index in [4.69, 9.17) is 4.74 Å². The Labute approximate surface area is 216 Å². The van der Waals surface area contributed by atoms with Crippen LogP contribution in [0.4, 0.5) is 0 Å². The molecule has 0 fully saturated rings. The van der Waals surface area contributed by atoms with E-state index in [1.54, 1.807) is 0 Å². The number of unbranched alkanes of at least 4 members (excludes halogenated alkanes) is 2. The largest absolute Gasteiger partial charge is 0.462 e. The first-order chi connectivity index (χ1) is 17.5. The first-order valence-electron chi connectivity index (χ1n) is 13.2. The number of hydrogen-bond donors (Lipinski definition) is 1. The van der Waals surface area contributed by atoms with Gasteiger partial charge < -0.3 is 9.84 Å². The number of aryl methyl sites for hydroxylation is 2. The molecule has 0 aliphatic rings. The Kier molecular flexibility index (Phi) is 10.5. The lowest BCUT2D eigenvalue weighted by atomic mass is 9.91. The Morgan fingerprint density at radius 1 is 0.833 bits per heavy atom. The lowest BCUT2D eigenvalue weighted by Crippen LogP contribution is -2.10. The molecule has 3 aromatic carbocycles. The summed E-state index contributed by atoms with van der Waals surface area (Å²) in [5.41, 5.74) is 10.0. The van der Waals surface area contributed by atoms with Crippen molar-refractivity contribution in [1.29, 1.82) is 0 Å². The third-order valence-corrected chi connectivity index (χ3v) is 6.76. The van der Waals surface area contributed by atoms with Gasteiger partial charge in [-0.3, -0.25) is 0 Å². The number of aliphatic hydroxyl groups excluding tert-OH is 1. The SMILES string of the molecule is C=C(CC)C(=O)OCCc1cc(CCO)ccc1-c1ccc(-c2ccc(CCCCC)cc2)c(C)c1. The summed E-state index contributed by atoms with van der Waals surface area (Å²) in [6.45, 7) is 10.5. The van der Waals surface area contributed by atoms with Crippen molar-refractivity contribution in [2.24, 2.45) is 0 Å². The fourth-order valence-electron chi connectivity index (χ4n) is 4.51. The minimum Gasteiger partial charge on any atom is -0.462 e. The number of ether oxygens (including phenoxy) is 1. The first-order valence-corrected chi connectivity index (χ1v) is 13.2. The molecule has 0 aliphatic heterocycles. The highest BCUT2D eigenvalue weighted by atomic mass is 16.5. The predicted molar refractivity (Wildman–Crippen MR) is 150 cm³/mol. The van der Waals surface area contributed by atoms with Crippen LogP contribution >= 0.6 is 0 Å². The average Bonchev–Trinajstić information content (AvgIpc) is 2.89. The van der Waals surface area contributed by atoms with Gasteiger partial charge in [0.2, 0.25) is 0 Å². The standard InChI is InChI=1S/C33H40O3/c1-5-7-8-9-26-10-13-28(14-11-26)31-17-15-29(22-25(31)4)32-16-12-27(18-20-34)23-30(32)19-21-36-33(35)24(3)6-2/h10-17,22-23,34H,3,5-9,18-21H2,1-2,4H3. The Bertz CT molecular complexity index is 1160. The molecule has 0 atom stereocenters. The van der Waals surface area contributed by atoms with Gasteiger partial charge in [-0.25, -0.2) is 4.79 Å². The Morgan fingerprint density at radius 2 is 1.53 bits per heavy atom.